The van der Waals surface area contributed by atoms with Crippen LogP contribution in [0.25, 0.3) is 6.08 Å². The molecule has 0 aliphatic heterocycles. The van der Waals surface area contributed by atoms with Gasteiger partial charge in [0.05, 0.1) is 11.1 Å². The summed E-state index contributed by atoms with van der Waals surface area (Å²) < 4.78 is 11.3. The smallest absolute Gasteiger partial charge is 0.189 e. The number of ketones is 2. The van der Waals surface area contributed by atoms with Crippen molar-refractivity contribution in [2.24, 2.45) is 0 Å². The van der Waals surface area contributed by atoms with Gasteiger partial charge in [-0.2, -0.15) is 0 Å². The number of rotatable bonds is 11. The van der Waals surface area contributed by atoms with E-state index in [-0.39, 0.29) is 23.1 Å². The van der Waals surface area contributed by atoms with E-state index in [9.17, 15) is 24.6 Å². The maximum atomic E-state index is 12.2. The zero-order valence-corrected chi connectivity index (χ0v) is 29.9. The summed E-state index contributed by atoms with van der Waals surface area (Å²) in [4.78, 5) is 33.5. The molecule has 0 aromatic heterocycles. The molecule has 0 spiro atoms. The number of aldehydes is 1. The van der Waals surface area contributed by atoms with E-state index in [0.29, 0.717) is 29.9 Å². The van der Waals surface area contributed by atoms with Gasteiger partial charge in [-0.1, -0.05) is 91.0 Å². The standard InChI is InChI=1S/C23H20O3.C14H12O2.C9H10O2/c1-17-7-13-21(23(25)15-17)22(24)14-10-18-8-11-20(12-9-18)26-16-19-5-3-2-4-6-19;15-10-12-6-8-14(9-7-12)16-11-13-4-2-1-3-5-13;1-6-3-4-8(7(2)10)9(11)5-6/h2-15,25H,16H2,1H3;1-10H,11H2;3-5,11H,1-2H3/b14-10+;;. The molecule has 0 heterocycles. The summed E-state index contributed by atoms with van der Waals surface area (Å²) in [5.74, 6) is 1.28. The lowest BCUT2D eigenvalue weighted by Gasteiger charge is -2.06. The average molecular weight is 707 g/mol. The van der Waals surface area contributed by atoms with Gasteiger partial charge in [0.25, 0.3) is 0 Å². The van der Waals surface area contributed by atoms with Gasteiger partial charge in [-0.15, -0.1) is 0 Å². The Morgan fingerprint density at radius 3 is 1.42 bits per heavy atom. The van der Waals surface area contributed by atoms with Crippen molar-refractivity contribution in [3.8, 4) is 23.0 Å². The first-order valence-corrected chi connectivity index (χ1v) is 16.9. The number of allylic oxidation sites excluding steroid dienone is 1. The SMILES string of the molecule is CC(=O)c1ccc(C)cc1O.Cc1ccc(C(=O)/C=C/c2ccc(OCc3ccccc3)cc2)c(O)c1.O=Cc1ccc(OCc2ccccc2)cc1. The van der Waals surface area contributed by atoms with Crippen LogP contribution in [0.3, 0.4) is 0 Å². The van der Waals surface area contributed by atoms with Crippen molar-refractivity contribution in [3.05, 3.63) is 196 Å². The number of hydrogen-bond donors (Lipinski definition) is 2. The second-order valence-electron chi connectivity index (χ2n) is 12.1. The predicted molar refractivity (Wildman–Crippen MR) is 209 cm³/mol. The molecular weight excluding hydrogens is 664 g/mol. The highest BCUT2D eigenvalue weighted by Gasteiger charge is 2.08. The molecule has 6 aromatic carbocycles. The van der Waals surface area contributed by atoms with Crippen LogP contribution in [0.1, 0.15) is 65.8 Å². The van der Waals surface area contributed by atoms with Crippen LogP contribution in [-0.2, 0) is 13.2 Å². The summed E-state index contributed by atoms with van der Waals surface area (Å²) in [6.45, 7) is 6.22. The molecule has 53 heavy (non-hydrogen) atoms. The Kier molecular flexibility index (Phi) is 14.9. The van der Waals surface area contributed by atoms with E-state index in [1.807, 2.05) is 98.8 Å². The van der Waals surface area contributed by atoms with Gasteiger partial charge in [0.2, 0.25) is 0 Å². The van der Waals surface area contributed by atoms with Crippen LogP contribution in [0.2, 0.25) is 0 Å². The van der Waals surface area contributed by atoms with Crippen molar-refractivity contribution >= 4 is 23.9 Å². The molecule has 0 aliphatic carbocycles. The number of aromatic hydroxyl groups is 2. The number of carbonyl (C=O) groups excluding carboxylic acids is 3. The Morgan fingerprint density at radius 2 is 1.00 bits per heavy atom. The Morgan fingerprint density at radius 1 is 0.566 bits per heavy atom. The summed E-state index contributed by atoms with van der Waals surface area (Å²) in [7, 11) is 0. The van der Waals surface area contributed by atoms with E-state index in [1.165, 1.54) is 13.0 Å². The highest BCUT2D eigenvalue weighted by molar-refractivity contribution is 6.08. The Labute approximate surface area is 310 Å². The molecule has 0 fully saturated rings. The van der Waals surface area contributed by atoms with Crippen LogP contribution >= 0.6 is 0 Å². The summed E-state index contributed by atoms with van der Waals surface area (Å²) in [5, 5.41) is 19.1. The largest absolute Gasteiger partial charge is 0.507 e. The first-order valence-electron chi connectivity index (χ1n) is 16.9. The second kappa shape index (κ2) is 20.2. The molecule has 0 atom stereocenters. The molecule has 0 amide bonds. The molecule has 0 saturated carbocycles. The van der Waals surface area contributed by atoms with E-state index < -0.39 is 0 Å². The van der Waals surface area contributed by atoms with E-state index in [2.05, 4.69) is 0 Å². The highest BCUT2D eigenvalue weighted by atomic mass is 16.5. The normalized spacial score (nSPS) is 10.2. The fourth-order valence-electron chi connectivity index (χ4n) is 4.85. The highest BCUT2D eigenvalue weighted by Crippen LogP contribution is 2.21. The topological polar surface area (TPSA) is 110 Å². The minimum absolute atomic E-state index is 0.00399. The second-order valence-corrected chi connectivity index (χ2v) is 12.1. The fraction of sp³-hybridized carbons (Fsp3) is 0.109. The molecule has 0 radical (unpaired) electrons. The van der Waals surface area contributed by atoms with Crippen molar-refractivity contribution in [1.82, 2.24) is 0 Å². The van der Waals surface area contributed by atoms with E-state index in [0.717, 1.165) is 45.6 Å². The number of phenols is 2. The van der Waals surface area contributed by atoms with Gasteiger partial charge in [0.1, 0.15) is 42.5 Å². The van der Waals surface area contributed by atoms with Gasteiger partial charge in [0, 0.05) is 5.56 Å². The molecule has 268 valence electrons. The molecule has 0 bridgehead atoms. The quantitative estimate of drug-likeness (QED) is 0.0784. The maximum absolute atomic E-state index is 12.2. The predicted octanol–water partition coefficient (Wildman–Crippen LogP) is 10.2. The third-order valence-corrected chi connectivity index (χ3v) is 7.77. The summed E-state index contributed by atoms with van der Waals surface area (Å²) in [5.41, 5.74) is 6.33. The molecule has 0 aliphatic rings. The van der Waals surface area contributed by atoms with Gasteiger partial charge < -0.3 is 19.7 Å². The van der Waals surface area contributed by atoms with Crippen LogP contribution in [0, 0.1) is 13.8 Å². The number of aryl methyl sites for hydroxylation is 2. The molecule has 0 saturated heterocycles. The third kappa shape index (κ3) is 13.2. The summed E-state index contributed by atoms with van der Waals surface area (Å²) >= 11 is 0. The minimum atomic E-state index is -0.230. The molecule has 0 unspecified atom stereocenters. The van der Waals surface area contributed by atoms with E-state index >= 15 is 0 Å². The number of phenolic OH excluding ortho intramolecular Hbond substituents is 2. The Hall–Kier alpha value is -6.73. The number of hydrogen-bond acceptors (Lipinski definition) is 7. The molecule has 6 rings (SSSR count). The Balaban J connectivity index is 0.000000197. The molecule has 2 N–H and O–H groups in total. The fourth-order valence-corrected chi connectivity index (χ4v) is 4.85. The summed E-state index contributed by atoms with van der Waals surface area (Å²) in [6.07, 6.45) is 4.01. The van der Waals surface area contributed by atoms with Gasteiger partial charge in [-0.25, -0.2) is 0 Å². The first-order chi connectivity index (χ1) is 25.6. The van der Waals surface area contributed by atoms with E-state index in [1.54, 1.807) is 66.7 Å². The molecular formula is C46H42O7. The molecule has 7 heteroatoms. The van der Waals surface area contributed by atoms with Crippen molar-refractivity contribution in [2.45, 2.75) is 34.0 Å². The third-order valence-electron chi connectivity index (χ3n) is 7.77. The monoisotopic (exact) mass is 706 g/mol. The number of benzene rings is 6. The number of carbonyl (C=O) groups is 3. The van der Waals surface area contributed by atoms with E-state index in [4.69, 9.17) is 9.47 Å². The van der Waals surface area contributed by atoms with Crippen LogP contribution in [0.15, 0.2) is 152 Å². The van der Waals surface area contributed by atoms with Crippen LogP contribution < -0.4 is 9.47 Å². The van der Waals surface area contributed by atoms with Crippen molar-refractivity contribution in [3.63, 3.8) is 0 Å². The van der Waals surface area contributed by atoms with Crippen molar-refractivity contribution in [1.29, 1.82) is 0 Å². The van der Waals surface area contributed by atoms with Gasteiger partial charge in [0.15, 0.2) is 11.6 Å². The lowest BCUT2D eigenvalue weighted by molar-refractivity contribution is 0.101. The van der Waals surface area contributed by atoms with Gasteiger partial charge in [-0.05, 0) is 115 Å². The van der Waals surface area contributed by atoms with Crippen molar-refractivity contribution in [2.75, 3.05) is 0 Å². The zero-order valence-electron chi connectivity index (χ0n) is 29.9. The number of Topliss-reactive ketones (excluding diaryl/α,β-unsaturated/α-hetero) is 1. The zero-order chi connectivity index (χ0) is 38.0. The average Bonchev–Trinajstić information content (AvgIpc) is 3.17. The van der Waals surface area contributed by atoms with Crippen LogP contribution in [-0.4, -0.2) is 28.1 Å². The minimum Gasteiger partial charge on any atom is -0.507 e. The Bertz CT molecular complexity index is 2100. The molecule has 7 nitrogen and oxygen atoms in total. The first kappa shape index (κ1) is 39.1. The number of ether oxygens (including phenoxy) is 2. The van der Waals surface area contributed by atoms with Gasteiger partial charge >= 0.3 is 0 Å². The van der Waals surface area contributed by atoms with Crippen LogP contribution in [0.5, 0.6) is 23.0 Å². The summed E-state index contributed by atoms with van der Waals surface area (Å²) in [6, 6.07) is 44.6. The maximum Gasteiger partial charge on any atom is 0.189 e. The lowest BCUT2D eigenvalue weighted by Crippen LogP contribution is -1.95. The molecule has 6 aromatic rings. The van der Waals surface area contributed by atoms with Crippen LogP contribution in [0.4, 0.5) is 0 Å². The van der Waals surface area contributed by atoms with Gasteiger partial charge in [-0.3, -0.25) is 14.4 Å². The van der Waals surface area contributed by atoms with Crippen molar-refractivity contribution < 1.29 is 34.1 Å². The lowest BCUT2D eigenvalue weighted by atomic mass is 10.1.